The van der Waals surface area contributed by atoms with Gasteiger partial charge >= 0.3 is 11.9 Å². The number of nitrogens with one attached hydrogen (secondary N) is 3. The zero-order valence-corrected chi connectivity index (χ0v) is 75.1. The van der Waals surface area contributed by atoms with Gasteiger partial charge in [-0.25, -0.2) is 9.59 Å². The number of carboxylic acids is 1. The number of hydrogen-bond donors (Lipinski definition) is 7. The van der Waals surface area contributed by atoms with Gasteiger partial charge in [0.1, 0.15) is 53.2 Å². The fourth-order valence-electron chi connectivity index (χ4n) is 15.9. The molecule has 0 radical (unpaired) electrons. The molecule has 21 heteroatoms. The Bertz CT molecular complexity index is 6000. The predicted molar refractivity (Wildman–Crippen MR) is 499 cm³/mol. The minimum Gasteiger partial charge on any atom is -0.508 e. The number of ketones is 1. The molecule has 6 aliphatic carbocycles. The first-order valence-electron chi connectivity index (χ1n) is 41.7. The molecule has 2 aromatic heterocycles. The van der Waals surface area contributed by atoms with E-state index >= 15 is 0 Å². The number of aromatic nitrogens is 2. The van der Waals surface area contributed by atoms with E-state index in [4.69, 9.17) is 39.6 Å². The lowest BCUT2D eigenvalue weighted by Gasteiger charge is -2.15. The number of carboxylic acid groups (broad SMARTS) is 1. The van der Waals surface area contributed by atoms with Gasteiger partial charge in [0.2, 0.25) is 0 Å². The van der Waals surface area contributed by atoms with Crippen molar-refractivity contribution in [3.8, 4) is 28.7 Å². The van der Waals surface area contributed by atoms with Crippen LogP contribution < -0.4 is 41.1 Å². The van der Waals surface area contributed by atoms with Gasteiger partial charge in [0.05, 0.1) is 24.3 Å². The van der Waals surface area contributed by atoms with Gasteiger partial charge in [-0.15, -0.1) is 0 Å². The molecular weight excluding hydrogens is 1770 g/mol. The van der Waals surface area contributed by atoms with E-state index in [-0.39, 0.29) is 65.8 Å². The Hall–Kier alpha value is -12.2. The number of carbonyl (C=O) groups excluding carboxylic acids is 3. The van der Waals surface area contributed by atoms with Crippen molar-refractivity contribution in [2.45, 2.75) is 148 Å². The number of methoxy groups -OCH3 is 1. The summed E-state index contributed by atoms with van der Waals surface area (Å²) in [7, 11) is 1.40. The van der Waals surface area contributed by atoms with Crippen LogP contribution in [0.25, 0.3) is 0 Å². The Morgan fingerprint density at radius 3 is 1.17 bits per heavy atom. The van der Waals surface area contributed by atoms with E-state index < -0.39 is 5.97 Å². The van der Waals surface area contributed by atoms with E-state index in [2.05, 4.69) is 87.3 Å². The quantitative estimate of drug-likeness (QED) is 0.0499. The number of esters is 1. The summed E-state index contributed by atoms with van der Waals surface area (Å²) in [5.74, 6) is 2.79. The third kappa shape index (κ3) is 25.7. The molecule has 0 saturated heterocycles. The second kappa shape index (κ2) is 44.9. The third-order valence-corrected chi connectivity index (χ3v) is 23.6. The lowest BCUT2D eigenvalue weighted by molar-refractivity contribution is 0.0599. The monoisotopic (exact) mass is 1870 g/mol. The van der Waals surface area contributed by atoms with Crippen LogP contribution in [0.15, 0.2) is 296 Å². The molecule has 19 rings (SSSR count). The van der Waals surface area contributed by atoms with Crippen LogP contribution in [0.1, 0.15) is 205 Å². The zero-order valence-electron chi connectivity index (χ0n) is 70.3. The Kier molecular flexibility index (Phi) is 33.0. The molecule has 11 aromatic carbocycles. The molecule has 125 heavy (non-hydrogen) atoms. The number of pyridine rings is 2. The average Bonchev–Trinajstić information content (AvgIpc) is 1.69. The van der Waals surface area contributed by atoms with Crippen molar-refractivity contribution in [3.05, 3.63) is 424 Å². The lowest BCUT2D eigenvalue weighted by atomic mass is 10.0. The van der Waals surface area contributed by atoms with Gasteiger partial charge in [-0.3, -0.25) is 19.2 Å². The Balaban J connectivity index is 0.000000134. The Morgan fingerprint density at radius 2 is 0.760 bits per heavy atom. The molecule has 5 atom stereocenters. The lowest BCUT2D eigenvalue weighted by Crippen LogP contribution is -2.28. The van der Waals surface area contributed by atoms with Crippen LogP contribution in [-0.4, -0.2) is 56.0 Å². The number of rotatable bonds is 14. The average molecular weight is 1870 g/mol. The summed E-state index contributed by atoms with van der Waals surface area (Å²) in [6.07, 6.45) is 11.2. The number of aliphatic hydroxyl groups is 1. The second-order valence-corrected chi connectivity index (χ2v) is 33.7. The number of ether oxygens (including phenoxy) is 5. The molecule has 13 aromatic rings. The number of aryl methyl sites for hydroxylation is 10. The topological polar surface area (TPSA) is 279 Å². The molecule has 0 spiro atoms. The van der Waals surface area contributed by atoms with E-state index in [1.807, 2.05) is 234 Å². The smallest absolute Gasteiger partial charge is 0.337 e. The van der Waals surface area contributed by atoms with Crippen LogP contribution in [0.2, 0.25) is 0 Å². The second-order valence-electron chi connectivity index (χ2n) is 30.9. The standard InChI is InChI=1S/C24H24N2O3.C17H16O3.C16H14O3.C15H13BrO.C9H9BrO.C9H7BrO.C8H12N2O.C6H6O/c1-15-12-16(2)26-24(28)21(15)14-25-23(27)18-8-10-20-17(13-18)9-11-22(20)29-19-6-4-3-5-7-19;1-19-17(18)13-7-9-15-12(11-13)8-10-16(15)20-14-5-3-2-4-6-14;17-16(18)12-6-8-14-11(10-12)7-9-15(14)19-13-4-2-1-3-5-13;16-12-7-8-14-11(10-12)6-9-15(14)17-13-4-2-1-3-5-13;2*10-7-2-3-8-6(5-7)1-4-9(8)11;1-5-3-6(2)10-8(11)7(5)4-9;7-6-4-2-1-3-5-6/h3-8,10,12-13,22H,9,11,14H2,1-2H3,(H,25,27)(H,26,28);2-7,9,11,16H,8,10H2,1H3;1-6,8,10,15H,7,9H2,(H,17,18);1-5,7-8,10,15H,6,9H2;2-3,5,9,11H,1,4H2;2-3,5H,1,4H2;3H,4,9H2,1-2H3,(H,10,11);1-5,7H. The molecule has 5 unspecified atom stereocenters. The van der Waals surface area contributed by atoms with Crippen LogP contribution in [0, 0.1) is 27.7 Å². The maximum atomic E-state index is 12.6. The first kappa shape index (κ1) is 92.0. The van der Waals surface area contributed by atoms with Crippen molar-refractivity contribution in [3.63, 3.8) is 0 Å². The molecule has 6 aliphatic rings. The van der Waals surface area contributed by atoms with Crippen molar-refractivity contribution < 1.29 is 58.2 Å². The highest BCUT2D eigenvalue weighted by Gasteiger charge is 2.30. The van der Waals surface area contributed by atoms with Crippen LogP contribution in [-0.2, 0) is 56.4 Å². The van der Waals surface area contributed by atoms with Gasteiger partial charge in [0, 0.05) is 66.6 Å². The van der Waals surface area contributed by atoms with Crippen molar-refractivity contribution in [2.24, 2.45) is 5.73 Å². The number of hydrogen-bond acceptors (Lipinski definition) is 14. The predicted octanol–water partition coefficient (Wildman–Crippen LogP) is 22.3. The van der Waals surface area contributed by atoms with E-state index in [0.717, 1.165) is 163 Å². The summed E-state index contributed by atoms with van der Waals surface area (Å²) in [4.78, 5) is 75.0. The zero-order chi connectivity index (χ0) is 88.5. The maximum Gasteiger partial charge on any atom is 0.337 e. The molecule has 0 fully saturated rings. The van der Waals surface area contributed by atoms with Crippen LogP contribution in [0.4, 0.5) is 0 Å². The highest BCUT2D eigenvalue weighted by Crippen LogP contribution is 2.41. The highest BCUT2D eigenvalue weighted by molar-refractivity contribution is 9.11. The number of carbonyl (C=O) groups is 4. The minimum absolute atomic E-state index is 0.0123. The van der Waals surface area contributed by atoms with Crippen molar-refractivity contribution in [2.75, 3.05) is 7.11 Å². The van der Waals surface area contributed by atoms with Gasteiger partial charge in [-0.05, 0) is 316 Å². The molecule has 2 heterocycles. The van der Waals surface area contributed by atoms with E-state index in [1.54, 1.807) is 42.5 Å². The molecule has 1 amide bonds. The van der Waals surface area contributed by atoms with Gasteiger partial charge in [-0.1, -0.05) is 175 Å². The minimum atomic E-state index is -0.879. The van der Waals surface area contributed by atoms with Gasteiger partial charge in [0.25, 0.3) is 17.0 Å². The summed E-state index contributed by atoms with van der Waals surface area (Å²) < 4.78 is 32.2. The number of phenols is 1. The Morgan fingerprint density at radius 1 is 0.408 bits per heavy atom. The number of aromatic amines is 2. The summed E-state index contributed by atoms with van der Waals surface area (Å²) in [6, 6.07) is 87.0. The van der Waals surface area contributed by atoms with E-state index in [9.17, 15) is 33.9 Å². The number of aromatic carboxylic acids is 1. The highest BCUT2D eigenvalue weighted by atomic mass is 79.9. The molecule has 642 valence electrons. The summed E-state index contributed by atoms with van der Waals surface area (Å²) in [6.45, 7) is 7.99. The van der Waals surface area contributed by atoms with Crippen molar-refractivity contribution >= 4 is 71.4 Å². The SMILES string of the molecule is Brc1ccc2c(c1)CCC2Oc1ccccc1.COC(=O)c1ccc2c(c1)CCC2Oc1ccccc1.Cc1cc(C)c(CN)c(=O)[nH]1.Cc1cc(C)c(CNC(=O)c2ccc3c(c2)CCC3Oc2ccccc2)c(=O)[nH]1.O=C(O)c1ccc2c(c1)CCC2Oc1ccccc1.O=C1CCc2cc(Br)ccc21.OC1CCc2cc(Br)ccc21.Oc1ccccc1. The molecule has 0 saturated carbocycles. The summed E-state index contributed by atoms with van der Waals surface area (Å²) in [5.41, 5.74) is 25.5. The largest absolute Gasteiger partial charge is 0.508 e. The summed E-state index contributed by atoms with van der Waals surface area (Å²) in [5, 5.41) is 29.9. The first-order valence-corrected chi connectivity index (χ1v) is 44.1. The molecule has 8 N–H and O–H groups in total. The Labute approximate surface area is 753 Å². The third-order valence-electron chi connectivity index (χ3n) is 22.2. The number of fused-ring (bicyclic) bond motifs is 6. The van der Waals surface area contributed by atoms with E-state index in [0.29, 0.717) is 46.5 Å². The fourth-order valence-corrected chi connectivity index (χ4v) is 17.1. The normalized spacial score (nSPS) is 15.8. The number of halogens is 3. The molecular formula is C104H101Br3N4O14. The van der Waals surface area contributed by atoms with Crippen LogP contribution in [0.5, 0.6) is 28.7 Å². The van der Waals surface area contributed by atoms with Crippen molar-refractivity contribution in [1.82, 2.24) is 15.3 Å². The number of nitrogens with two attached hydrogens (primary N) is 1. The van der Waals surface area contributed by atoms with Crippen molar-refractivity contribution in [1.29, 1.82) is 0 Å². The maximum absolute atomic E-state index is 12.6. The van der Waals surface area contributed by atoms with Gasteiger partial charge in [0.15, 0.2) is 5.78 Å². The number of aromatic hydroxyl groups is 1. The number of benzene rings is 11. The van der Waals surface area contributed by atoms with Gasteiger partial charge < -0.3 is 60.0 Å². The number of phenolic OH excluding ortho intramolecular Hbond substituents is 1. The molecule has 18 nitrogen and oxygen atoms in total. The molecule has 0 aliphatic heterocycles. The number of amides is 1. The fraction of sp³-hybridized carbons (Fsp3) is 0.231. The van der Waals surface area contributed by atoms with Crippen LogP contribution in [0.3, 0.4) is 0 Å². The summed E-state index contributed by atoms with van der Waals surface area (Å²) >= 11 is 10.3. The first-order chi connectivity index (χ1) is 60.4. The molecule has 0 bridgehead atoms. The number of aliphatic hydroxyl groups excluding tert-OH is 1. The number of Topliss-reactive ketones (excluding diaryl/α,β-unsaturated/α-hetero) is 1. The van der Waals surface area contributed by atoms with Crippen LogP contribution >= 0.6 is 47.8 Å². The number of para-hydroxylation sites is 5. The number of H-pyrrole nitrogens is 2. The van der Waals surface area contributed by atoms with Gasteiger partial charge in [-0.2, -0.15) is 0 Å². The van der Waals surface area contributed by atoms with E-state index in [1.165, 1.54) is 40.5 Å².